The van der Waals surface area contributed by atoms with Crippen molar-refractivity contribution in [3.8, 4) is 5.75 Å². The largest absolute Gasteiger partial charge is 0.496 e. The van der Waals surface area contributed by atoms with Crippen LogP contribution in [0.2, 0.25) is 0 Å². The van der Waals surface area contributed by atoms with Crippen molar-refractivity contribution in [2.45, 2.75) is 26.3 Å². The first kappa shape index (κ1) is 13.7. The Bertz CT molecular complexity index is 711. The molecule has 1 aromatic carbocycles. The molecule has 0 radical (unpaired) electrons. The van der Waals surface area contributed by atoms with Gasteiger partial charge in [-0.2, -0.15) is 0 Å². The lowest BCUT2D eigenvalue weighted by molar-refractivity contribution is -0.125. The van der Waals surface area contributed by atoms with Crippen LogP contribution in [-0.2, 0) is 11.3 Å². The number of aromatic amines is 1. The number of amides is 1. The summed E-state index contributed by atoms with van der Waals surface area (Å²) in [6.45, 7) is 6.33. The summed E-state index contributed by atoms with van der Waals surface area (Å²) in [5, 5.41) is 4.09. The Morgan fingerprint density at radius 2 is 2.24 bits per heavy atom. The predicted molar refractivity (Wildman–Crippen MR) is 84.1 cm³/mol. The Morgan fingerprint density at radius 1 is 1.48 bits per heavy atom. The maximum Gasteiger partial charge on any atom is 0.226 e. The van der Waals surface area contributed by atoms with Gasteiger partial charge in [-0.25, -0.2) is 0 Å². The van der Waals surface area contributed by atoms with Crippen molar-refractivity contribution >= 4 is 22.9 Å². The van der Waals surface area contributed by atoms with Gasteiger partial charge in [0.1, 0.15) is 5.75 Å². The lowest BCUT2D eigenvalue weighted by Gasteiger charge is -2.08. The van der Waals surface area contributed by atoms with Gasteiger partial charge in [0.2, 0.25) is 5.91 Å². The van der Waals surface area contributed by atoms with Crippen LogP contribution in [0.1, 0.15) is 31.0 Å². The van der Waals surface area contributed by atoms with Crippen LogP contribution in [0.4, 0.5) is 0 Å². The molecule has 1 heterocycles. The molecule has 4 nitrogen and oxygen atoms in total. The van der Waals surface area contributed by atoms with Gasteiger partial charge in [-0.1, -0.05) is 19.6 Å². The second-order valence-electron chi connectivity index (χ2n) is 5.92. The molecule has 0 unspecified atom stereocenters. The van der Waals surface area contributed by atoms with Crippen LogP contribution in [0.25, 0.3) is 17.0 Å². The van der Waals surface area contributed by atoms with Gasteiger partial charge in [-0.3, -0.25) is 4.79 Å². The Labute approximate surface area is 124 Å². The molecule has 3 rings (SSSR count). The highest BCUT2D eigenvalue weighted by atomic mass is 16.5. The molecule has 1 aromatic heterocycles. The minimum absolute atomic E-state index is 0.134. The zero-order chi connectivity index (χ0) is 15.0. The standard InChI is InChI=1S/C17H20N2O2/c1-4-11-7-12-8-13(19-14(12)9-15(11)21-3)10-18-16(20)17(2)5-6-17/h4,7-9,19H,1,5-6,10H2,2-3H3,(H,18,20). The van der Waals surface area contributed by atoms with E-state index in [1.54, 1.807) is 13.2 Å². The molecule has 1 aliphatic carbocycles. The number of carbonyl (C=O) groups is 1. The van der Waals surface area contributed by atoms with E-state index in [2.05, 4.69) is 22.9 Å². The summed E-state index contributed by atoms with van der Waals surface area (Å²) in [5.74, 6) is 0.936. The van der Waals surface area contributed by atoms with Crippen molar-refractivity contribution in [3.63, 3.8) is 0 Å². The average molecular weight is 284 g/mol. The van der Waals surface area contributed by atoms with Gasteiger partial charge in [-0.15, -0.1) is 0 Å². The van der Waals surface area contributed by atoms with Crippen LogP contribution in [0.5, 0.6) is 5.75 Å². The number of ether oxygens (including phenoxy) is 1. The van der Waals surface area contributed by atoms with E-state index in [0.29, 0.717) is 6.54 Å². The second kappa shape index (κ2) is 4.95. The van der Waals surface area contributed by atoms with E-state index in [-0.39, 0.29) is 11.3 Å². The molecular weight excluding hydrogens is 264 g/mol. The number of hydrogen-bond acceptors (Lipinski definition) is 2. The van der Waals surface area contributed by atoms with Gasteiger partial charge in [0.05, 0.1) is 13.7 Å². The Morgan fingerprint density at radius 3 is 2.86 bits per heavy atom. The highest BCUT2D eigenvalue weighted by molar-refractivity contribution is 5.86. The number of hydrogen-bond donors (Lipinski definition) is 2. The first-order chi connectivity index (χ1) is 10.1. The lowest BCUT2D eigenvalue weighted by atomic mass is 10.1. The van der Waals surface area contributed by atoms with Gasteiger partial charge in [-0.05, 0) is 25.0 Å². The van der Waals surface area contributed by atoms with Gasteiger partial charge in [0.25, 0.3) is 0 Å². The monoisotopic (exact) mass is 284 g/mol. The summed E-state index contributed by atoms with van der Waals surface area (Å²) in [6.07, 6.45) is 3.76. The van der Waals surface area contributed by atoms with E-state index in [9.17, 15) is 4.79 Å². The maximum atomic E-state index is 12.0. The van der Waals surface area contributed by atoms with Crippen molar-refractivity contribution in [2.24, 2.45) is 5.41 Å². The third kappa shape index (κ3) is 2.53. The van der Waals surface area contributed by atoms with Gasteiger partial charge in [0.15, 0.2) is 0 Å². The summed E-state index contributed by atoms with van der Waals surface area (Å²) < 4.78 is 5.34. The van der Waals surface area contributed by atoms with E-state index >= 15 is 0 Å². The number of fused-ring (bicyclic) bond motifs is 1. The van der Waals surface area contributed by atoms with Crippen molar-refractivity contribution in [3.05, 3.63) is 36.0 Å². The summed E-state index contributed by atoms with van der Waals surface area (Å²) in [7, 11) is 1.65. The van der Waals surface area contributed by atoms with Gasteiger partial charge in [0, 0.05) is 33.6 Å². The van der Waals surface area contributed by atoms with E-state index < -0.39 is 0 Å². The average Bonchev–Trinajstić information content (AvgIpc) is 3.12. The highest BCUT2D eigenvalue weighted by Crippen LogP contribution is 2.45. The molecule has 0 spiro atoms. The number of H-pyrrole nitrogens is 1. The van der Waals surface area contributed by atoms with Crippen LogP contribution in [0, 0.1) is 5.41 Å². The predicted octanol–water partition coefficient (Wildman–Crippen LogP) is 3.24. The van der Waals surface area contributed by atoms with E-state index in [0.717, 1.165) is 40.8 Å². The van der Waals surface area contributed by atoms with E-state index in [1.807, 2.05) is 19.1 Å². The quantitative estimate of drug-likeness (QED) is 0.885. The number of nitrogens with one attached hydrogen (secondary N) is 2. The number of aromatic nitrogens is 1. The molecule has 2 aromatic rings. The Hall–Kier alpha value is -2.23. The molecule has 0 saturated heterocycles. The van der Waals surface area contributed by atoms with Crippen molar-refractivity contribution in [1.29, 1.82) is 0 Å². The summed E-state index contributed by atoms with van der Waals surface area (Å²) in [5.41, 5.74) is 2.82. The molecule has 1 aliphatic rings. The molecule has 0 atom stereocenters. The normalized spacial score (nSPS) is 15.7. The molecule has 1 saturated carbocycles. The molecule has 1 amide bonds. The van der Waals surface area contributed by atoms with Crippen LogP contribution in [-0.4, -0.2) is 18.0 Å². The number of benzene rings is 1. The second-order valence-corrected chi connectivity index (χ2v) is 5.92. The van der Waals surface area contributed by atoms with Gasteiger partial charge >= 0.3 is 0 Å². The molecular formula is C17H20N2O2. The Balaban J connectivity index is 1.80. The Kier molecular flexibility index (Phi) is 3.24. The highest BCUT2D eigenvalue weighted by Gasteiger charge is 2.44. The van der Waals surface area contributed by atoms with E-state index in [4.69, 9.17) is 4.74 Å². The fourth-order valence-electron chi connectivity index (χ4n) is 2.47. The molecule has 21 heavy (non-hydrogen) atoms. The molecule has 110 valence electrons. The van der Waals surface area contributed by atoms with Crippen molar-refractivity contribution in [2.75, 3.05) is 7.11 Å². The third-order valence-electron chi connectivity index (χ3n) is 4.23. The van der Waals surface area contributed by atoms with Crippen LogP contribution in [0.15, 0.2) is 24.8 Å². The van der Waals surface area contributed by atoms with Gasteiger partial charge < -0.3 is 15.0 Å². The van der Waals surface area contributed by atoms with Crippen LogP contribution >= 0.6 is 0 Å². The van der Waals surface area contributed by atoms with Crippen LogP contribution < -0.4 is 10.1 Å². The van der Waals surface area contributed by atoms with Crippen LogP contribution in [0.3, 0.4) is 0 Å². The molecule has 2 N–H and O–H groups in total. The number of carbonyl (C=O) groups excluding carboxylic acids is 1. The topological polar surface area (TPSA) is 54.1 Å². The van der Waals surface area contributed by atoms with E-state index in [1.165, 1.54) is 0 Å². The minimum Gasteiger partial charge on any atom is -0.496 e. The molecule has 4 heteroatoms. The van der Waals surface area contributed by atoms with Crippen molar-refractivity contribution in [1.82, 2.24) is 10.3 Å². The number of methoxy groups -OCH3 is 1. The zero-order valence-corrected chi connectivity index (χ0v) is 12.5. The third-order valence-corrected chi connectivity index (χ3v) is 4.23. The SMILES string of the molecule is C=Cc1cc2cc(CNC(=O)C3(C)CC3)[nH]c2cc1OC. The summed E-state index contributed by atoms with van der Waals surface area (Å²) in [6, 6.07) is 6.04. The molecule has 1 fully saturated rings. The minimum atomic E-state index is -0.134. The van der Waals surface area contributed by atoms with Crippen molar-refractivity contribution < 1.29 is 9.53 Å². The number of rotatable bonds is 5. The maximum absolute atomic E-state index is 12.0. The lowest BCUT2D eigenvalue weighted by Crippen LogP contribution is -2.29. The fourth-order valence-corrected chi connectivity index (χ4v) is 2.47. The summed E-state index contributed by atoms with van der Waals surface area (Å²) in [4.78, 5) is 15.3. The zero-order valence-electron chi connectivity index (χ0n) is 12.5. The molecule has 0 bridgehead atoms. The summed E-state index contributed by atoms with van der Waals surface area (Å²) >= 11 is 0. The molecule has 0 aliphatic heterocycles. The smallest absolute Gasteiger partial charge is 0.226 e. The fraction of sp³-hybridized carbons (Fsp3) is 0.353. The first-order valence-corrected chi connectivity index (χ1v) is 7.16. The first-order valence-electron chi connectivity index (χ1n) is 7.16.